The van der Waals surface area contributed by atoms with Crippen LogP contribution in [0.25, 0.3) is 0 Å². The van der Waals surface area contributed by atoms with Crippen LogP contribution in [0.3, 0.4) is 0 Å². The summed E-state index contributed by atoms with van der Waals surface area (Å²) in [7, 11) is 1.66. The number of hydrogen-bond acceptors (Lipinski definition) is 3. The van der Waals surface area contributed by atoms with E-state index >= 15 is 0 Å². The van der Waals surface area contributed by atoms with Crippen LogP contribution in [0.5, 0.6) is 0 Å². The van der Waals surface area contributed by atoms with Crippen molar-refractivity contribution in [3.8, 4) is 0 Å². The lowest BCUT2D eigenvalue weighted by molar-refractivity contribution is -0.142. The molecule has 0 aliphatic heterocycles. The van der Waals surface area contributed by atoms with Crippen molar-refractivity contribution < 1.29 is 14.3 Å². The van der Waals surface area contributed by atoms with E-state index in [-0.39, 0.29) is 24.4 Å². The van der Waals surface area contributed by atoms with Gasteiger partial charge in [0.05, 0.1) is 13.1 Å². The highest BCUT2D eigenvalue weighted by Crippen LogP contribution is 2.14. The smallest absolute Gasteiger partial charge is 0.242 e. The van der Waals surface area contributed by atoms with Crippen LogP contribution in [-0.4, -0.2) is 59.0 Å². The minimum absolute atomic E-state index is 0.0151. The van der Waals surface area contributed by atoms with Crippen molar-refractivity contribution in [1.82, 2.24) is 14.4 Å². The van der Waals surface area contributed by atoms with E-state index in [9.17, 15) is 9.59 Å². The van der Waals surface area contributed by atoms with Crippen molar-refractivity contribution in [2.45, 2.75) is 72.0 Å². The molecule has 0 aliphatic carbocycles. The Bertz CT molecular complexity index is 832. The summed E-state index contributed by atoms with van der Waals surface area (Å²) in [4.78, 5) is 29.8. The molecule has 1 aromatic carbocycles. The van der Waals surface area contributed by atoms with Crippen molar-refractivity contribution in [3.63, 3.8) is 0 Å². The van der Waals surface area contributed by atoms with Gasteiger partial charge in [0.25, 0.3) is 0 Å². The number of carbonyl (C=O) groups is 2. The van der Waals surface area contributed by atoms with Crippen LogP contribution >= 0.6 is 0 Å². The molecule has 182 valence electrons. The van der Waals surface area contributed by atoms with Crippen LogP contribution in [0.1, 0.15) is 64.1 Å². The molecule has 2 amide bonds. The number of aromatic nitrogens is 1. The van der Waals surface area contributed by atoms with E-state index in [0.29, 0.717) is 26.1 Å². The van der Waals surface area contributed by atoms with Gasteiger partial charge in [-0.15, -0.1) is 0 Å². The van der Waals surface area contributed by atoms with Gasteiger partial charge in [-0.2, -0.15) is 0 Å². The highest BCUT2D eigenvalue weighted by Gasteiger charge is 2.23. The summed E-state index contributed by atoms with van der Waals surface area (Å²) in [5.41, 5.74) is 2.31. The van der Waals surface area contributed by atoms with Crippen molar-refractivity contribution in [2.75, 3.05) is 26.8 Å². The van der Waals surface area contributed by atoms with E-state index in [1.807, 2.05) is 43.0 Å². The number of amides is 2. The summed E-state index contributed by atoms with van der Waals surface area (Å²) in [5.74, 6) is 0.0442. The maximum absolute atomic E-state index is 13.3. The minimum atomic E-state index is -0.0151. The first kappa shape index (κ1) is 26.7. The number of rotatable bonds is 15. The second kappa shape index (κ2) is 14.5. The molecule has 0 fully saturated rings. The molecule has 0 saturated carbocycles. The Morgan fingerprint density at radius 1 is 1.00 bits per heavy atom. The topological polar surface area (TPSA) is 54.8 Å². The van der Waals surface area contributed by atoms with Gasteiger partial charge < -0.3 is 19.1 Å². The number of methoxy groups -OCH3 is 1. The fourth-order valence-corrected chi connectivity index (χ4v) is 3.89. The fraction of sp³-hybridized carbons (Fsp3) is 0.556. The monoisotopic (exact) mass is 455 g/mol. The maximum Gasteiger partial charge on any atom is 0.242 e. The zero-order chi connectivity index (χ0) is 24.1. The van der Waals surface area contributed by atoms with Crippen LogP contribution in [0.2, 0.25) is 0 Å². The summed E-state index contributed by atoms with van der Waals surface area (Å²) in [5, 5.41) is 0. The lowest BCUT2D eigenvalue weighted by Crippen LogP contribution is -2.45. The Hall–Kier alpha value is -2.60. The summed E-state index contributed by atoms with van der Waals surface area (Å²) < 4.78 is 7.34. The van der Waals surface area contributed by atoms with Crippen molar-refractivity contribution in [2.24, 2.45) is 0 Å². The predicted molar refractivity (Wildman–Crippen MR) is 133 cm³/mol. The van der Waals surface area contributed by atoms with Crippen LogP contribution < -0.4 is 0 Å². The molecule has 6 heteroatoms. The molecule has 6 nitrogen and oxygen atoms in total. The van der Waals surface area contributed by atoms with Gasteiger partial charge in [-0.3, -0.25) is 9.59 Å². The average molecular weight is 456 g/mol. The summed E-state index contributed by atoms with van der Waals surface area (Å²) in [6.45, 7) is 8.70. The number of nitrogens with zero attached hydrogens (tertiary/aromatic N) is 3. The third-order valence-electron chi connectivity index (χ3n) is 5.84. The largest absolute Gasteiger partial charge is 0.385 e. The van der Waals surface area contributed by atoms with Gasteiger partial charge in [0.1, 0.15) is 0 Å². The lowest BCUT2D eigenvalue weighted by atomic mass is 10.2. The second-order valence-corrected chi connectivity index (χ2v) is 8.85. The quantitative estimate of drug-likeness (QED) is 0.365. The van der Waals surface area contributed by atoms with E-state index in [4.69, 9.17) is 4.74 Å². The molecule has 0 radical (unpaired) electrons. The third kappa shape index (κ3) is 9.04. The standard InChI is InChI=1S/C27H41N3O3/c1-5-6-8-16-26(31)29(18-12-19-33-4)22-27(32)30(23(2)3)21-25-15-11-17-28(25)20-24-13-9-7-10-14-24/h7,9-11,13-15,17,23H,5-6,8,12,16,18-22H2,1-4H3. The lowest BCUT2D eigenvalue weighted by Gasteiger charge is -2.31. The molecule has 1 heterocycles. The number of ether oxygens (including phenoxy) is 1. The van der Waals surface area contributed by atoms with E-state index in [0.717, 1.165) is 37.9 Å². The minimum Gasteiger partial charge on any atom is -0.385 e. The number of unbranched alkanes of at least 4 members (excludes halogenated alkanes) is 2. The Kier molecular flexibility index (Phi) is 11.7. The third-order valence-corrected chi connectivity index (χ3v) is 5.84. The van der Waals surface area contributed by atoms with E-state index in [1.165, 1.54) is 5.56 Å². The van der Waals surface area contributed by atoms with Gasteiger partial charge >= 0.3 is 0 Å². The fourth-order valence-electron chi connectivity index (χ4n) is 3.89. The molecular formula is C27H41N3O3. The Labute approximate surface area is 199 Å². The first-order valence-corrected chi connectivity index (χ1v) is 12.2. The Morgan fingerprint density at radius 3 is 2.42 bits per heavy atom. The molecule has 0 saturated heterocycles. The van der Waals surface area contributed by atoms with Gasteiger partial charge in [-0.25, -0.2) is 0 Å². The zero-order valence-corrected chi connectivity index (χ0v) is 20.8. The highest BCUT2D eigenvalue weighted by atomic mass is 16.5. The SMILES string of the molecule is CCCCCC(=O)N(CCCOC)CC(=O)N(Cc1cccn1Cc1ccccc1)C(C)C. The average Bonchev–Trinajstić information content (AvgIpc) is 3.23. The predicted octanol–water partition coefficient (Wildman–Crippen LogP) is 4.72. The van der Waals surface area contributed by atoms with Crippen molar-refractivity contribution in [1.29, 1.82) is 0 Å². The Balaban J connectivity index is 2.08. The molecule has 0 spiro atoms. The Morgan fingerprint density at radius 2 is 1.76 bits per heavy atom. The van der Waals surface area contributed by atoms with E-state index in [2.05, 4.69) is 35.9 Å². The van der Waals surface area contributed by atoms with Gasteiger partial charge in [0.2, 0.25) is 11.8 Å². The van der Waals surface area contributed by atoms with Crippen LogP contribution in [0, 0.1) is 0 Å². The maximum atomic E-state index is 13.3. The van der Waals surface area contributed by atoms with Gasteiger partial charge in [0.15, 0.2) is 0 Å². The molecule has 0 unspecified atom stereocenters. The van der Waals surface area contributed by atoms with Crippen molar-refractivity contribution >= 4 is 11.8 Å². The second-order valence-electron chi connectivity index (χ2n) is 8.85. The number of carbonyl (C=O) groups excluding carboxylic acids is 2. The van der Waals surface area contributed by atoms with E-state index < -0.39 is 0 Å². The normalized spacial score (nSPS) is 11.1. The van der Waals surface area contributed by atoms with Crippen LogP contribution in [0.15, 0.2) is 48.7 Å². The van der Waals surface area contributed by atoms with Gasteiger partial charge in [-0.1, -0.05) is 50.1 Å². The molecule has 2 aromatic rings. The van der Waals surface area contributed by atoms with Gasteiger partial charge in [0, 0.05) is 51.2 Å². The molecule has 2 rings (SSSR count). The van der Waals surface area contributed by atoms with Crippen LogP contribution in [-0.2, 0) is 27.4 Å². The number of benzene rings is 1. The molecular weight excluding hydrogens is 414 g/mol. The molecule has 33 heavy (non-hydrogen) atoms. The molecule has 0 bridgehead atoms. The zero-order valence-electron chi connectivity index (χ0n) is 20.8. The molecule has 1 aromatic heterocycles. The summed E-state index contributed by atoms with van der Waals surface area (Å²) in [6.07, 6.45) is 6.24. The summed E-state index contributed by atoms with van der Waals surface area (Å²) in [6, 6.07) is 14.4. The highest BCUT2D eigenvalue weighted by molar-refractivity contribution is 5.85. The van der Waals surface area contributed by atoms with Crippen molar-refractivity contribution in [3.05, 3.63) is 59.9 Å². The van der Waals surface area contributed by atoms with Crippen LogP contribution in [0.4, 0.5) is 0 Å². The first-order chi connectivity index (χ1) is 16.0. The molecule has 0 aliphatic rings. The summed E-state index contributed by atoms with van der Waals surface area (Å²) >= 11 is 0. The van der Waals surface area contributed by atoms with Gasteiger partial charge in [-0.05, 0) is 44.4 Å². The first-order valence-electron chi connectivity index (χ1n) is 12.2. The number of hydrogen-bond donors (Lipinski definition) is 0. The molecule has 0 atom stereocenters. The van der Waals surface area contributed by atoms with E-state index in [1.54, 1.807) is 12.0 Å². The molecule has 0 N–H and O–H groups in total.